The van der Waals surface area contributed by atoms with Crippen LogP contribution in [-0.2, 0) is 51.4 Å². The molecule has 82 heavy (non-hydrogen) atoms. The Morgan fingerprint density at radius 3 is 1.67 bits per heavy atom. The van der Waals surface area contributed by atoms with Gasteiger partial charge in [-0.25, -0.2) is 0 Å². The van der Waals surface area contributed by atoms with Crippen molar-refractivity contribution >= 4 is 17.5 Å². The topological polar surface area (TPSA) is 112 Å². The molecule has 4 aromatic carbocycles. The molecule has 0 aliphatic heterocycles. The van der Waals surface area contributed by atoms with Crippen molar-refractivity contribution in [2.75, 3.05) is 32.6 Å². The van der Waals surface area contributed by atoms with E-state index < -0.39 is 11.7 Å². The molecule has 5 atom stereocenters. The van der Waals surface area contributed by atoms with Crippen LogP contribution < -0.4 is 9.64 Å². The molecule has 3 unspecified atom stereocenters. The average Bonchev–Trinajstić information content (AvgIpc) is 3.59. The Balaban J connectivity index is 0.000000295. The molecule has 6 rings (SSSR count). The molecule has 1 heterocycles. The molecule has 2 N–H and O–H groups in total. The van der Waals surface area contributed by atoms with Crippen LogP contribution in [0.5, 0.6) is 5.75 Å². The molecule has 9 nitrogen and oxygen atoms in total. The van der Waals surface area contributed by atoms with Crippen LogP contribution in [0.1, 0.15) is 195 Å². The summed E-state index contributed by atoms with van der Waals surface area (Å²) in [6.07, 6.45) is 9.41. The summed E-state index contributed by atoms with van der Waals surface area (Å²) < 4.78 is 12.0. The number of benzene rings is 4. The molecular formula is C73H111N3O6. The number of hydrogen-bond donors (Lipinski definition) is 2. The zero-order valence-corrected chi connectivity index (χ0v) is 55.0. The van der Waals surface area contributed by atoms with Gasteiger partial charge in [-0.1, -0.05) is 220 Å². The third-order valence-electron chi connectivity index (χ3n) is 16.0. The number of aryl methyl sites for hydroxylation is 1. The van der Waals surface area contributed by atoms with Gasteiger partial charge in [-0.05, 0) is 132 Å². The van der Waals surface area contributed by atoms with Gasteiger partial charge in [0.2, 0.25) is 11.8 Å². The van der Waals surface area contributed by atoms with Crippen LogP contribution in [-0.4, -0.2) is 65.8 Å². The SMILES string of the molecule is CC(C)(C)[C@](C)(O)c1ccccc1.CC1CCC(C(C)(C)c2ccccc2)C(CC(C)(C)C)C1.CC[C@@H](O)COc1c(C)ncc(COCc2ccccc2)c1CC(C)(C)C.CN(C)C(=O)CC(=O)N(C)c1ccc(CC(C)(C)C)cc1. The summed E-state index contributed by atoms with van der Waals surface area (Å²) in [5, 5.41) is 20.2. The van der Waals surface area contributed by atoms with Crippen LogP contribution in [0, 0.1) is 46.3 Å². The Hall–Kier alpha value is -5.35. The first kappa shape index (κ1) is 70.9. The molecular weight excluding hydrogens is 1010 g/mol. The highest BCUT2D eigenvalue weighted by atomic mass is 16.5. The zero-order chi connectivity index (χ0) is 61.9. The van der Waals surface area contributed by atoms with Crippen LogP contribution in [0.3, 0.4) is 0 Å². The minimum absolute atomic E-state index is 0.101. The van der Waals surface area contributed by atoms with E-state index in [-0.39, 0.29) is 46.5 Å². The van der Waals surface area contributed by atoms with E-state index in [4.69, 9.17) is 9.47 Å². The maximum atomic E-state index is 12.1. The number of pyridine rings is 1. The summed E-state index contributed by atoms with van der Waals surface area (Å²) in [4.78, 5) is 31.1. The lowest BCUT2D eigenvalue weighted by Crippen LogP contribution is -2.39. The first-order chi connectivity index (χ1) is 38.0. The summed E-state index contributed by atoms with van der Waals surface area (Å²) in [7, 11) is 5.00. The number of aliphatic hydroxyl groups excluding tert-OH is 1. The predicted molar refractivity (Wildman–Crippen MR) is 344 cm³/mol. The van der Waals surface area contributed by atoms with Crippen LogP contribution in [0.4, 0.5) is 5.69 Å². The van der Waals surface area contributed by atoms with Gasteiger partial charge in [-0.2, -0.15) is 0 Å². The second-order valence-electron chi connectivity index (χ2n) is 28.9. The van der Waals surface area contributed by atoms with Gasteiger partial charge in [0.25, 0.3) is 0 Å². The van der Waals surface area contributed by atoms with Gasteiger partial charge in [0, 0.05) is 44.2 Å². The van der Waals surface area contributed by atoms with Crippen LogP contribution in [0.2, 0.25) is 0 Å². The maximum absolute atomic E-state index is 12.1. The van der Waals surface area contributed by atoms with Gasteiger partial charge in [0.15, 0.2) is 0 Å². The Morgan fingerprint density at radius 2 is 1.18 bits per heavy atom. The minimum Gasteiger partial charge on any atom is -0.489 e. The number of ether oxygens (including phenoxy) is 2. The number of hydrogen-bond acceptors (Lipinski definition) is 7. The third-order valence-corrected chi connectivity index (χ3v) is 16.0. The molecule has 1 aliphatic carbocycles. The number of nitrogens with zero attached hydrogens (tertiary/aromatic N) is 3. The Morgan fingerprint density at radius 1 is 0.659 bits per heavy atom. The van der Waals surface area contributed by atoms with Crippen LogP contribution in [0.15, 0.2) is 121 Å². The molecule has 1 aliphatic rings. The molecule has 1 aromatic heterocycles. The second-order valence-corrected chi connectivity index (χ2v) is 28.9. The van der Waals surface area contributed by atoms with Crippen molar-refractivity contribution in [3.05, 3.63) is 161 Å². The highest BCUT2D eigenvalue weighted by Gasteiger charge is 2.41. The number of carbonyl (C=O) groups is 2. The first-order valence-electron chi connectivity index (χ1n) is 30.2. The number of carbonyl (C=O) groups excluding carboxylic acids is 2. The maximum Gasteiger partial charge on any atom is 0.236 e. The van der Waals surface area contributed by atoms with E-state index in [1.54, 1.807) is 21.1 Å². The minimum atomic E-state index is -0.770. The highest BCUT2D eigenvalue weighted by Crippen LogP contribution is 2.49. The lowest BCUT2D eigenvalue weighted by Gasteiger charge is -2.46. The number of rotatable bonds is 17. The van der Waals surface area contributed by atoms with Crippen LogP contribution >= 0.6 is 0 Å². The fourth-order valence-corrected chi connectivity index (χ4v) is 10.6. The van der Waals surface area contributed by atoms with Crippen molar-refractivity contribution in [3.63, 3.8) is 0 Å². The average molecular weight is 1130 g/mol. The van der Waals surface area contributed by atoms with E-state index in [1.165, 1.54) is 46.6 Å². The molecule has 454 valence electrons. The van der Waals surface area contributed by atoms with Gasteiger partial charge in [-0.15, -0.1) is 0 Å². The Labute approximate surface area is 499 Å². The van der Waals surface area contributed by atoms with E-state index in [0.717, 1.165) is 70.0 Å². The number of amides is 2. The van der Waals surface area contributed by atoms with Crippen molar-refractivity contribution in [3.8, 4) is 5.75 Å². The second kappa shape index (κ2) is 31.5. The van der Waals surface area contributed by atoms with Crippen molar-refractivity contribution < 1.29 is 29.3 Å². The number of aliphatic hydroxyl groups is 2. The smallest absolute Gasteiger partial charge is 0.236 e. The van der Waals surface area contributed by atoms with Crippen molar-refractivity contribution in [2.24, 2.45) is 39.4 Å². The van der Waals surface area contributed by atoms with Gasteiger partial charge < -0.3 is 29.5 Å². The number of aromatic nitrogens is 1. The standard InChI is InChI=1S/C23H33NO3.C21H34.C17H26N2O2.C12H18O/c1-6-20(25)16-27-22-17(2)24-13-19(21(22)12-23(3,4)5)15-26-14-18-10-8-7-9-11-18;1-16-12-13-19(17(14-16)15-20(2,3)4)21(5,6)18-10-8-7-9-11-18;1-17(2,3)12-13-7-9-14(10-8-13)19(6)16(21)11-15(20)18(4)5;1-11(2,3)12(4,13)10-8-6-5-7-9-10/h7-11,13,20,25H,6,12,14-16H2,1-5H3;7-11,16-17,19H,12-15H2,1-6H3;7-10H,11-12H2,1-6H3;5-9,13H,1-4H3/t20-;;;12-/m1..1/s1. The van der Waals surface area contributed by atoms with Crippen molar-refractivity contribution in [2.45, 2.75) is 206 Å². The van der Waals surface area contributed by atoms with Crippen molar-refractivity contribution in [1.29, 1.82) is 0 Å². The van der Waals surface area contributed by atoms with E-state index in [1.807, 2.05) is 121 Å². The summed E-state index contributed by atoms with van der Waals surface area (Å²) in [5.74, 6) is 2.99. The van der Waals surface area contributed by atoms with E-state index in [0.29, 0.717) is 25.0 Å². The van der Waals surface area contributed by atoms with Crippen LogP contribution in [0.25, 0.3) is 0 Å². The van der Waals surface area contributed by atoms with E-state index in [9.17, 15) is 19.8 Å². The molecule has 5 aromatic rings. The molecule has 1 saturated carbocycles. The summed E-state index contributed by atoms with van der Waals surface area (Å²) >= 11 is 0. The number of anilines is 1. The third kappa shape index (κ3) is 24.1. The molecule has 0 saturated heterocycles. The summed E-state index contributed by atoms with van der Waals surface area (Å²) in [6, 6.07) is 39.1. The Kier molecular flexibility index (Phi) is 27.3. The Bertz CT molecular complexity index is 2640. The summed E-state index contributed by atoms with van der Waals surface area (Å²) in [5.41, 5.74) is 8.88. The van der Waals surface area contributed by atoms with Gasteiger partial charge in [0.05, 0.1) is 30.6 Å². The molecule has 0 bridgehead atoms. The van der Waals surface area contributed by atoms with Gasteiger partial charge >= 0.3 is 0 Å². The quantitative estimate of drug-likeness (QED) is 0.0892. The largest absolute Gasteiger partial charge is 0.489 e. The molecule has 9 heteroatoms. The molecule has 0 radical (unpaired) electrons. The van der Waals surface area contributed by atoms with E-state index >= 15 is 0 Å². The van der Waals surface area contributed by atoms with Gasteiger partial charge in [0.1, 0.15) is 18.8 Å². The molecule has 1 fully saturated rings. The highest BCUT2D eigenvalue weighted by molar-refractivity contribution is 6.04. The first-order valence-corrected chi connectivity index (χ1v) is 30.2. The molecule has 2 amide bonds. The van der Waals surface area contributed by atoms with Gasteiger partial charge in [-0.3, -0.25) is 14.6 Å². The van der Waals surface area contributed by atoms with Crippen molar-refractivity contribution in [1.82, 2.24) is 9.88 Å². The fourth-order valence-electron chi connectivity index (χ4n) is 10.6. The zero-order valence-electron chi connectivity index (χ0n) is 55.0. The lowest BCUT2D eigenvalue weighted by molar-refractivity contribution is -0.133. The normalized spacial score (nSPS) is 16.8. The fraction of sp³-hybridized carbons (Fsp3) is 0.575. The molecule has 0 spiro atoms. The lowest BCUT2D eigenvalue weighted by atomic mass is 9.58. The summed E-state index contributed by atoms with van der Waals surface area (Å²) in [6.45, 7) is 41.0. The van der Waals surface area contributed by atoms with E-state index in [2.05, 4.69) is 131 Å². The monoisotopic (exact) mass is 1130 g/mol. The predicted octanol–water partition coefficient (Wildman–Crippen LogP) is 17.0.